The molecule has 0 saturated carbocycles. The molecule has 0 aromatic heterocycles. The molecule has 0 atom stereocenters. The highest BCUT2D eigenvalue weighted by atomic mass is 35.5. The summed E-state index contributed by atoms with van der Waals surface area (Å²) < 4.78 is 10.6. The first-order chi connectivity index (χ1) is 12.5. The number of carbonyl (C=O) groups excluding carboxylic acids is 1. The van der Waals surface area contributed by atoms with Crippen molar-refractivity contribution >= 4 is 46.4 Å². The summed E-state index contributed by atoms with van der Waals surface area (Å²) in [5, 5.41) is 4.39. The van der Waals surface area contributed by atoms with Crippen molar-refractivity contribution in [1.82, 2.24) is 0 Å². The van der Waals surface area contributed by atoms with Gasteiger partial charge in [-0.1, -0.05) is 40.9 Å². The van der Waals surface area contributed by atoms with Crippen molar-refractivity contribution in [3.05, 3.63) is 57.0 Å². The minimum absolute atomic E-state index is 0.147. The molecule has 0 spiro atoms. The zero-order valence-electron chi connectivity index (χ0n) is 14.2. The largest absolute Gasteiger partial charge is 0.495 e. The minimum Gasteiger partial charge on any atom is -0.495 e. The summed E-state index contributed by atoms with van der Waals surface area (Å²) in [7, 11) is 1.54. The van der Waals surface area contributed by atoms with Gasteiger partial charge in [0.2, 0.25) is 5.91 Å². The Hall–Kier alpha value is -1.46. The molecule has 0 bridgehead atoms. The van der Waals surface area contributed by atoms with Gasteiger partial charge in [0.15, 0.2) is 0 Å². The zero-order valence-corrected chi connectivity index (χ0v) is 16.4. The van der Waals surface area contributed by atoms with Crippen molar-refractivity contribution in [2.45, 2.75) is 18.3 Å². The Kier molecular flexibility index (Phi) is 5.98. The number of methoxy groups -OCH3 is 1. The van der Waals surface area contributed by atoms with Crippen LogP contribution in [-0.2, 0) is 14.9 Å². The van der Waals surface area contributed by atoms with Crippen LogP contribution in [0.1, 0.15) is 18.4 Å². The van der Waals surface area contributed by atoms with Crippen LogP contribution in [-0.4, -0.2) is 26.2 Å². The number of nitrogens with one attached hydrogen (secondary N) is 1. The Balaban J connectivity index is 1.95. The van der Waals surface area contributed by atoms with Gasteiger partial charge in [-0.25, -0.2) is 0 Å². The molecule has 3 rings (SSSR count). The normalized spacial score (nSPS) is 16.2. The van der Waals surface area contributed by atoms with Crippen molar-refractivity contribution in [3.8, 4) is 5.75 Å². The van der Waals surface area contributed by atoms with Crippen LogP contribution in [0, 0.1) is 0 Å². The number of halogens is 3. The topological polar surface area (TPSA) is 47.6 Å². The maximum Gasteiger partial charge on any atom is 0.235 e. The van der Waals surface area contributed by atoms with Gasteiger partial charge in [-0.3, -0.25) is 4.79 Å². The molecule has 7 heteroatoms. The Morgan fingerprint density at radius 3 is 2.42 bits per heavy atom. The number of rotatable bonds is 4. The highest BCUT2D eigenvalue weighted by molar-refractivity contribution is 6.35. The molecule has 1 amide bonds. The molecule has 26 heavy (non-hydrogen) atoms. The Morgan fingerprint density at radius 2 is 1.81 bits per heavy atom. The van der Waals surface area contributed by atoms with E-state index in [1.165, 1.54) is 0 Å². The maximum absolute atomic E-state index is 13.3. The van der Waals surface area contributed by atoms with Gasteiger partial charge < -0.3 is 14.8 Å². The first-order valence-electron chi connectivity index (χ1n) is 8.14. The van der Waals surface area contributed by atoms with E-state index < -0.39 is 5.41 Å². The van der Waals surface area contributed by atoms with Crippen LogP contribution in [0.3, 0.4) is 0 Å². The summed E-state index contributed by atoms with van der Waals surface area (Å²) in [4.78, 5) is 13.3. The molecular formula is C19H18Cl3NO3. The summed E-state index contributed by atoms with van der Waals surface area (Å²) >= 11 is 18.6. The van der Waals surface area contributed by atoms with Gasteiger partial charge in [0.1, 0.15) is 5.75 Å². The lowest BCUT2D eigenvalue weighted by Crippen LogP contribution is -2.45. The molecule has 2 aromatic rings. The fourth-order valence-electron chi connectivity index (χ4n) is 3.21. The standard InChI is InChI=1S/C19H18Cl3NO3/c1-25-17-5-3-13(11-16(17)22)23-18(24)19(6-8-26-9-7-19)14-4-2-12(20)10-15(14)21/h2-5,10-11H,6-9H2,1H3,(H,23,24). The predicted molar refractivity (Wildman–Crippen MR) is 105 cm³/mol. The van der Waals surface area contributed by atoms with Crippen molar-refractivity contribution < 1.29 is 14.3 Å². The van der Waals surface area contributed by atoms with Crippen LogP contribution in [0.25, 0.3) is 0 Å². The van der Waals surface area contributed by atoms with Crippen LogP contribution < -0.4 is 10.1 Å². The highest BCUT2D eigenvalue weighted by Gasteiger charge is 2.43. The molecule has 0 radical (unpaired) electrons. The van der Waals surface area contributed by atoms with Crippen LogP contribution >= 0.6 is 34.8 Å². The number of benzene rings is 2. The monoisotopic (exact) mass is 413 g/mol. The van der Waals surface area contributed by atoms with E-state index >= 15 is 0 Å². The van der Waals surface area contributed by atoms with E-state index in [0.29, 0.717) is 52.6 Å². The third kappa shape index (κ3) is 3.79. The SMILES string of the molecule is COc1ccc(NC(=O)C2(c3ccc(Cl)cc3Cl)CCOCC2)cc1Cl. The van der Waals surface area contributed by atoms with E-state index in [0.717, 1.165) is 5.56 Å². The Labute approximate surface area is 167 Å². The van der Waals surface area contributed by atoms with Crippen molar-refractivity contribution in [2.75, 3.05) is 25.6 Å². The summed E-state index contributed by atoms with van der Waals surface area (Å²) in [6.45, 7) is 0.964. The summed E-state index contributed by atoms with van der Waals surface area (Å²) in [5.74, 6) is 0.400. The summed E-state index contributed by atoms with van der Waals surface area (Å²) in [5.41, 5.74) is 0.563. The van der Waals surface area contributed by atoms with Crippen LogP contribution in [0.4, 0.5) is 5.69 Å². The molecule has 138 valence electrons. The second-order valence-electron chi connectivity index (χ2n) is 6.12. The van der Waals surface area contributed by atoms with E-state index in [1.807, 2.05) is 6.07 Å². The lowest BCUT2D eigenvalue weighted by atomic mass is 9.73. The van der Waals surface area contributed by atoms with Gasteiger partial charge >= 0.3 is 0 Å². The van der Waals surface area contributed by atoms with Crippen LogP contribution in [0.5, 0.6) is 5.75 Å². The molecule has 1 aliphatic heterocycles. The van der Waals surface area contributed by atoms with Gasteiger partial charge in [0, 0.05) is 28.9 Å². The van der Waals surface area contributed by atoms with E-state index in [1.54, 1.807) is 37.4 Å². The number of hydrogen-bond acceptors (Lipinski definition) is 3. The van der Waals surface area contributed by atoms with E-state index in [-0.39, 0.29) is 5.91 Å². The fraction of sp³-hybridized carbons (Fsp3) is 0.316. The number of anilines is 1. The maximum atomic E-state index is 13.3. The molecular weight excluding hydrogens is 397 g/mol. The molecule has 1 aliphatic rings. The molecule has 0 aliphatic carbocycles. The van der Waals surface area contributed by atoms with E-state index in [9.17, 15) is 4.79 Å². The number of ether oxygens (including phenoxy) is 2. The van der Waals surface area contributed by atoms with Crippen molar-refractivity contribution in [2.24, 2.45) is 0 Å². The van der Waals surface area contributed by atoms with Gasteiger partial charge in [-0.2, -0.15) is 0 Å². The van der Waals surface area contributed by atoms with Crippen LogP contribution in [0.2, 0.25) is 15.1 Å². The highest BCUT2D eigenvalue weighted by Crippen LogP contribution is 2.41. The number of amides is 1. The second kappa shape index (κ2) is 8.05. The van der Waals surface area contributed by atoms with Gasteiger partial charge in [-0.15, -0.1) is 0 Å². The third-order valence-corrected chi connectivity index (χ3v) is 5.48. The van der Waals surface area contributed by atoms with Gasteiger partial charge in [0.25, 0.3) is 0 Å². The first-order valence-corrected chi connectivity index (χ1v) is 9.28. The smallest absolute Gasteiger partial charge is 0.235 e. The Morgan fingerprint density at radius 1 is 1.08 bits per heavy atom. The van der Waals surface area contributed by atoms with E-state index in [2.05, 4.69) is 5.32 Å². The minimum atomic E-state index is -0.785. The zero-order chi connectivity index (χ0) is 18.7. The Bertz CT molecular complexity index is 820. The summed E-state index contributed by atoms with van der Waals surface area (Å²) in [6, 6.07) is 10.3. The van der Waals surface area contributed by atoms with E-state index in [4.69, 9.17) is 44.3 Å². The molecule has 0 unspecified atom stereocenters. The summed E-state index contributed by atoms with van der Waals surface area (Å²) in [6.07, 6.45) is 1.06. The fourth-order valence-corrected chi connectivity index (χ4v) is 4.06. The molecule has 4 nitrogen and oxygen atoms in total. The molecule has 1 N–H and O–H groups in total. The molecule has 1 saturated heterocycles. The predicted octanol–water partition coefficient (Wildman–Crippen LogP) is 5.34. The number of carbonyl (C=O) groups is 1. The average Bonchev–Trinajstić information content (AvgIpc) is 2.62. The second-order valence-corrected chi connectivity index (χ2v) is 7.37. The lowest BCUT2D eigenvalue weighted by Gasteiger charge is -2.36. The quantitative estimate of drug-likeness (QED) is 0.734. The third-order valence-electron chi connectivity index (χ3n) is 4.64. The van der Waals surface area contributed by atoms with Crippen LogP contribution in [0.15, 0.2) is 36.4 Å². The van der Waals surface area contributed by atoms with Gasteiger partial charge in [0.05, 0.1) is 17.5 Å². The molecule has 1 fully saturated rings. The van der Waals surface area contributed by atoms with Crippen molar-refractivity contribution in [1.29, 1.82) is 0 Å². The number of hydrogen-bond donors (Lipinski definition) is 1. The lowest BCUT2D eigenvalue weighted by molar-refractivity contribution is -0.125. The van der Waals surface area contributed by atoms with Gasteiger partial charge in [-0.05, 0) is 48.7 Å². The van der Waals surface area contributed by atoms with Crippen molar-refractivity contribution in [3.63, 3.8) is 0 Å². The molecule has 2 aromatic carbocycles. The molecule has 1 heterocycles. The first kappa shape index (κ1) is 19.3. The average molecular weight is 415 g/mol.